The molecule has 2 N–H and O–H groups in total. The predicted octanol–water partition coefficient (Wildman–Crippen LogP) is 4.85. The lowest BCUT2D eigenvalue weighted by atomic mass is 9.98. The standard InChI is InChI=1S/C26H18N6O/c1-27-22-13-15(9-12-29-22)26(33)32-24-17-6-3-2-5-16(17)23-18(24)7-4-8-19(23)25-30-20-10-11-28-14-21(20)31-25/h2-14,24H,1H2,(H,30,31)(H,32,33). The van der Waals surface area contributed by atoms with Crippen LogP contribution in [0.1, 0.15) is 27.5 Å². The highest BCUT2D eigenvalue weighted by molar-refractivity contribution is 5.97. The van der Waals surface area contributed by atoms with Gasteiger partial charge in [0.1, 0.15) is 5.82 Å². The molecule has 158 valence electrons. The summed E-state index contributed by atoms with van der Waals surface area (Å²) in [6, 6.07) is 19.1. The average Bonchev–Trinajstić information content (AvgIpc) is 3.44. The Kier molecular flexibility index (Phi) is 4.33. The minimum Gasteiger partial charge on any atom is -0.341 e. The second-order valence-electron chi connectivity index (χ2n) is 7.80. The van der Waals surface area contributed by atoms with Gasteiger partial charge in [-0.2, -0.15) is 0 Å². The first-order valence-corrected chi connectivity index (χ1v) is 10.5. The fourth-order valence-electron chi connectivity index (χ4n) is 4.45. The van der Waals surface area contributed by atoms with Crippen molar-refractivity contribution in [3.63, 3.8) is 0 Å². The number of rotatable bonds is 4. The van der Waals surface area contributed by atoms with Gasteiger partial charge in [0.2, 0.25) is 0 Å². The van der Waals surface area contributed by atoms with E-state index in [4.69, 9.17) is 4.98 Å². The van der Waals surface area contributed by atoms with E-state index in [2.05, 4.69) is 56.2 Å². The molecule has 1 aliphatic carbocycles. The number of hydrogen-bond donors (Lipinski definition) is 2. The third-order valence-electron chi connectivity index (χ3n) is 5.93. The highest BCUT2D eigenvalue weighted by Gasteiger charge is 2.32. The Hall–Kier alpha value is -4.65. The number of amides is 1. The van der Waals surface area contributed by atoms with E-state index in [1.807, 2.05) is 24.3 Å². The monoisotopic (exact) mass is 430 g/mol. The molecule has 0 bridgehead atoms. The number of carbonyl (C=O) groups is 1. The molecule has 1 atom stereocenters. The molecule has 2 aromatic carbocycles. The number of aliphatic imine (C=N–C) groups is 1. The summed E-state index contributed by atoms with van der Waals surface area (Å²) in [7, 11) is 0. The maximum Gasteiger partial charge on any atom is 0.252 e. The summed E-state index contributed by atoms with van der Waals surface area (Å²) in [4.78, 5) is 33.4. The molecule has 0 fully saturated rings. The number of pyridine rings is 2. The van der Waals surface area contributed by atoms with E-state index in [0.717, 1.165) is 44.7 Å². The van der Waals surface area contributed by atoms with Crippen LogP contribution in [0.3, 0.4) is 0 Å². The van der Waals surface area contributed by atoms with Gasteiger partial charge in [-0.1, -0.05) is 42.5 Å². The van der Waals surface area contributed by atoms with Gasteiger partial charge in [-0.15, -0.1) is 0 Å². The van der Waals surface area contributed by atoms with Gasteiger partial charge < -0.3 is 10.3 Å². The quantitative estimate of drug-likeness (QED) is 0.398. The Labute approximate surface area is 189 Å². The molecule has 0 saturated heterocycles. The summed E-state index contributed by atoms with van der Waals surface area (Å²) < 4.78 is 0. The minimum atomic E-state index is -0.289. The molecule has 3 heterocycles. The van der Waals surface area contributed by atoms with Crippen molar-refractivity contribution in [1.29, 1.82) is 0 Å². The van der Waals surface area contributed by atoms with Crippen LogP contribution in [0.4, 0.5) is 5.82 Å². The van der Waals surface area contributed by atoms with Crippen molar-refractivity contribution >= 4 is 29.5 Å². The summed E-state index contributed by atoms with van der Waals surface area (Å²) in [5.41, 5.74) is 7.42. The third-order valence-corrected chi connectivity index (χ3v) is 5.93. The Morgan fingerprint density at radius 2 is 1.85 bits per heavy atom. The van der Waals surface area contributed by atoms with Gasteiger partial charge in [-0.05, 0) is 47.2 Å². The van der Waals surface area contributed by atoms with Crippen molar-refractivity contribution in [3.05, 3.63) is 95.9 Å². The van der Waals surface area contributed by atoms with Crippen molar-refractivity contribution in [3.8, 4) is 22.5 Å². The summed E-state index contributed by atoms with van der Waals surface area (Å²) in [5.74, 6) is 0.985. The molecule has 7 nitrogen and oxygen atoms in total. The lowest BCUT2D eigenvalue weighted by Crippen LogP contribution is -2.28. The van der Waals surface area contributed by atoms with Gasteiger partial charge in [0, 0.05) is 23.5 Å². The lowest BCUT2D eigenvalue weighted by molar-refractivity contribution is 0.0943. The zero-order valence-electron chi connectivity index (χ0n) is 17.5. The molecule has 1 aliphatic rings. The third kappa shape index (κ3) is 3.10. The second-order valence-corrected chi connectivity index (χ2v) is 7.80. The molecule has 7 heteroatoms. The maximum atomic E-state index is 13.1. The number of nitrogens with zero attached hydrogens (tertiary/aromatic N) is 4. The molecular weight excluding hydrogens is 412 g/mol. The predicted molar refractivity (Wildman–Crippen MR) is 128 cm³/mol. The summed E-state index contributed by atoms with van der Waals surface area (Å²) in [5, 5.41) is 3.19. The lowest BCUT2D eigenvalue weighted by Gasteiger charge is -2.16. The van der Waals surface area contributed by atoms with E-state index in [-0.39, 0.29) is 11.9 Å². The van der Waals surface area contributed by atoms with E-state index < -0.39 is 0 Å². The molecule has 0 radical (unpaired) electrons. The van der Waals surface area contributed by atoms with Gasteiger partial charge in [-0.3, -0.25) is 9.78 Å². The van der Waals surface area contributed by atoms with Crippen molar-refractivity contribution in [2.24, 2.45) is 4.99 Å². The molecule has 1 amide bonds. The van der Waals surface area contributed by atoms with Crippen LogP contribution in [-0.4, -0.2) is 32.6 Å². The van der Waals surface area contributed by atoms with Gasteiger partial charge in [0.05, 0.1) is 23.3 Å². The SMILES string of the molecule is C=Nc1cc(C(=O)NC2c3ccccc3-c3c(-c4nc5ccncc5[nH]4)cccc32)ccn1. The number of benzene rings is 2. The molecular formula is C26H18N6O. The first-order valence-electron chi connectivity index (χ1n) is 10.5. The Morgan fingerprint density at radius 3 is 2.73 bits per heavy atom. The van der Waals surface area contributed by atoms with Gasteiger partial charge >= 0.3 is 0 Å². The smallest absolute Gasteiger partial charge is 0.252 e. The van der Waals surface area contributed by atoms with E-state index in [9.17, 15) is 4.79 Å². The molecule has 1 unspecified atom stereocenters. The van der Waals surface area contributed by atoms with E-state index >= 15 is 0 Å². The molecule has 0 saturated carbocycles. The molecule has 6 rings (SSSR count). The van der Waals surface area contributed by atoms with E-state index in [1.165, 1.54) is 0 Å². The summed E-state index contributed by atoms with van der Waals surface area (Å²) in [6.07, 6.45) is 5.06. The van der Waals surface area contributed by atoms with Crippen molar-refractivity contribution in [1.82, 2.24) is 25.3 Å². The average molecular weight is 430 g/mol. The van der Waals surface area contributed by atoms with Crippen LogP contribution in [0.25, 0.3) is 33.5 Å². The number of carbonyl (C=O) groups excluding carboxylic acids is 1. The van der Waals surface area contributed by atoms with Gasteiger partial charge in [-0.25, -0.2) is 15.0 Å². The fourth-order valence-corrected chi connectivity index (χ4v) is 4.45. The normalized spacial score (nSPS) is 14.0. The Morgan fingerprint density at radius 1 is 1.00 bits per heavy atom. The van der Waals surface area contributed by atoms with Crippen LogP contribution < -0.4 is 5.32 Å². The van der Waals surface area contributed by atoms with Crippen molar-refractivity contribution in [2.75, 3.05) is 0 Å². The molecule has 5 aromatic rings. The number of aromatic nitrogens is 4. The largest absolute Gasteiger partial charge is 0.341 e. The van der Waals surface area contributed by atoms with Crippen LogP contribution >= 0.6 is 0 Å². The van der Waals surface area contributed by atoms with Gasteiger partial charge in [0.15, 0.2) is 5.82 Å². The van der Waals surface area contributed by atoms with Crippen LogP contribution in [0.5, 0.6) is 0 Å². The molecule has 33 heavy (non-hydrogen) atoms. The molecule has 0 spiro atoms. The zero-order valence-corrected chi connectivity index (χ0v) is 17.5. The van der Waals surface area contributed by atoms with Crippen molar-refractivity contribution in [2.45, 2.75) is 6.04 Å². The maximum absolute atomic E-state index is 13.1. The van der Waals surface area contributed by atoms with E-state index in [1.54, 1.807) is 30.7 Å². The summed E-state index contributed by atoms with van der Waals surface area (Å²) in [6.45, 7) is 3.49. The Bertz CT molecular complexity index is 1520. The molecule has 0 aliphatic heterocycles. The van der Waals surface area contributed by atoms with Gasteiger partial charge in [0.25, 0.3) is 5.91 Å². The van der Waals surface area contributed by atoms with Crippen LogP contribution in [-0.2, 0) is 0 Å². The van der Waals surface area contributed by atoms with Crippen LogP contribution in [0.15, 0.2) is 84.2 Å². The minimum absolute atomic E-state index is 0.199. The first-order chi connectivity index (χ1) is 16.2. The first kappa shape index (κ1) is 19.1. The number of nitrogens with one attached hydrogen (secondary N) is 2. The number of aromatic amines is 1. The second kappa shape index (κ2) is 7.49. The fraction of sp³-hybridized carbons (Fsp3) is 0.0385. The van der Waals surface area contributed by atoms with Crippen LogP contribution in [0.2, 0.25) is 0 Å². The molecule has 3 aromatic heterocycles. The number of H-pyrrole nitrogens is 1. The topological polar surface area (TPSA) is 95.9 Å². The van der Waals surface area contributed by atoms with Crippen LogP contribution in [0, 0.1) is 0 Å². The highest BCUT2D eigenvalue weighted by Crippen LogP contribution is 2.47. The summed E-state index contributed by atoms with van der Waals surface area (Å²) >= 11 is 0. The number of fused-ring (bicyclic) bond motifs is 4. The number of imidazole rings is 1. The van der Waals surface area contributed by atoms with E-state index in [0.29, 0.717) is 11.4 Å². The zero-order chi connectivity index (χ0) is 22.4. The van der Waals surface area contributed by atoms with Crippen molar-refractivity contribution < 1.29 is 4.79 Å². The highest BCUT2D eigenvalue weighted by atomic mass is 16.1. The number of hydrogen-bond acceptors (Lipinski definition) is 5. The Balaban J connectivity index is 1.46.